The molecule has 21 heavy (non-hydrogen) atoms. The van der Waals surface area contributed by atoms with Crippen LogP contribution in [0.3, 0.4) is 0 Å². The van der Waals surface area contributed by atoms with Gasteiger partial charge < -0.3 is 5.73 Å². The van der Waals surface area contributed by atoms with Gasteiger partial charge in [0.05, 0.1) is 21.1 Å². The molecule has 2 N–H and O–H groups in total. The fourth-order valence-electron chi connectivity index (χ4n) is 2.96. The van der Waals surface area contributed by atoms with E-state index < -0.39 is 16.6 Å². The van der Waals surface area contributed by atoms with Crippen LogP contribution in [0, 0.1) is 17.2 Å². The minimum absolute atomic E-state index is 0.0117. The first-order chi connectivity index (χ1) is 9.70. The molecular formula is C16H23ClFNOS. The van der Waals surface area contributed by atoms with E-state index in [1.54, 1.807) is 6.07 Å². The van der Waals surface area contributed by atoms with Gasteiger partial charge in [-0.05, 0) is 48.8 Å². The Morgan fingerprint density at radius 3 is 2.57 bits per heavy atom. The molecule has 0 heterocycles. The van der Waals surface area contributed by atoms with E-state index in [1.165, 1.54) is 12.1 Å². The molecule has 1 aliphatic carbocycles. The van der Waals surface area contributed by atoms with E-state index in [-0.39, 0.29) is 21.7 Å². The number of nitrogens with two attached hydrogens (primary N) is 1. The van der Waals surface area contributed by atoms with E-state index >= 15 is 0 Å². The van der Waals surface area contributed by atoms with Crippen molar-refractivity contribution in [2.45, 2.75) is 56.2 Å². The molecule has 0 bridgehead atoms. The Morgan fingerprint density at radius 2 is 2.00 bits per heavy atom. The largest absolute Gasteiger partial charge is 0.327 e. The number of halogens is 2. The first-order valence-corrected chi connectivity index (χ1v) is 8.90. The molecule has 0 spiro atoms. The van der Waals surface area contributed by atoms with Crippen molar-refractivity contribution in [2.75, 3.05) is 0 Å². The summed E-state index contributed by atoms with van der Waals surface area (Å²) >= 11 is 5.79. The van der Waals surface area contributed by atoms with Crippen molar-refractivity contribution in [3.63, 3.8) is 0 Å². The number of hydrogen-bond acceptors (Lipinski definition) is 2. The molecule has 0 amide bonds. The Balaban J connectivity index is 2.21. The molecule has 1 aromatic rings. The third kappa shape index (κ3) is 3.85. The molecule has 2 nitrogen and oxygen atoms in total. The normalized spacial score (nSPS) is 28.4. The van der Waals surface area contributed by atoms with Gasteiger partial charge in [0, 0.05) is 10.9 Å². The van der Waals surface area contributed by atoms with Gasteiger partial charge in [-0.25, -0.2) is 4.39 Å². The van der Waals surface area contributed by atoms with Crippen LogP contribution in [0.4, 0.5) is 4.39 Å². The second-order valence-electron chi connectivity index (χ2n) is 6.95. The van der Waals surface area contributed by atoms with Gasteiger partial charge in [0.15, 0.2) is 0 Å². The molecule has 0 saturated heterocycles. The zero-order valence-corrected chi connectivity index (χ0v) is 14.3. The van der Waals surface area contributed by atoms with E-state index in [9.17, 15) is 8.60 Å². The quantitative estimate of drug-likeness (QED) is 0.885. The van der Waals surface area contributed by atoms with Crippen LogP contribution in [0.2, 0.25) is 5.02 Å². The average Bonchev–Trinajstić information content (AvgIpc) is 2.40. The van der Waals surface area contributed by atoms with Gasteiger partial charge in [-0.2, -0.15) is 0 Å². The molecule has 1 aromatic carbocycles. The summed E-state index contributed by atoms with van der Waals surface area (Å²) in [6, 6.07) is 4.20. The van der Waals surface area contributed by atoms with Crippen LogP contribution >= 0.6 is 11.6 Å². The third-order valence-electron chi connectivity index (χ3n) is 4.47. The number of hydrogen-bond donors (Lipinski definition) is 1. The molecule has 4 atom stereocenters. The molecule has 118 valence electrons. The van der Waals surface area contributed by atoms with Gasteiger partial charge in [0.1, 0.15) is 5.82 Å². The Kier molecular flexibility index (Phi) is 5.11. The summed E-state index contributed by atoms with van der Waals surface area (Å²) in [6.45, 7) is 6.63. The van der Waals surface area contributed by atoms with E-state index in [1.807, 2.05) is 0 Å². The van der Waals surface area contributed by atoms with Crippen molar-refractivity contribution < 1.29 is 8.60 Å². The first kappa shape index (κ1) is 16.9. The van der Waals surface area contributed by atoms with Gasteiger partial charge in [0.2, 0.25) is 0 Å². The topological polar surface area (TPSA) is 43.1 Å². The fourth-order valence-corrected chi connectivity index (χ4v) is 4.85. The van der Waals surface area contributed by atoms with E-state index in [2.05, 4.69) is 20.8 Å². The van der Waals surface area contributed by atoms with Crippen LogP contribution in [0.1, 0.15) is 40.0 Å². The Labute approximate surface area is 133 Å². The lowest BCUT2D eigenvalue weighted by Crippen LogP contribution is -2.45. The van der Waals surface area contributed by atoms with Crippen LogP contribution in [0.15, 0.2) is 23.1 Å². The summed E-state index contributed by atoms with van der Waals surface area (Å²) in [7, 11) is -1.25. The van der Waals surface area contributed by atoms with Gasteiger partial charge >= 0.3 is 0 Å². The maximum Gasteiger partial charge on any atom is 0.141 e. The minimum Gasteiger partial charge on any atom is -0.327 e. The molecule has 5 heteroatoms. The molecule has 1 saturated carbocycles. The highest BCUT2D eigenvalue weighted by Gasteiger charge is 2.37. The van der Waals surface area contributed by atoms with Crippen molar-refractivity contribution in [3.8, 4) is 0 Å². The summed E-state index contributed by atoms with van der Waals surface area (Å²) in [5.74, 6) is 0.0140. The molecule has 0 radical (unpaired) electrons. The summed E-state index contributed by atoms with van der Waals surface area (Å²) in [6.07, 6.45) is 2.79. The maximum atomic E-state index is 13.2. The lowest BCUT2D eigenvalue weighted by atomic mass is 9.71. The van der Waals surface area contributed by atoms with Crippen molar-refractivity contribution in [2.24, 2.45) is 17.1 Å². The zero-order valence-electron chi connectivity index (χ0n) is 12.7. The smallest absolute Gasteiger partial charge is 0.141 e. The second-order valence-corrected chi connectivity index (χ2v) is 9.03. The number of rotatable bonds is 2. The SMILES string of the molecule is CC(C)(C)C1CCC(N)C(S(=O)c2ccc(F)c(Cl)c2)C1. The van der Waals surface area contributed by atoms with Crippen LogP contribution < -0.4 is 5.73 Å². The van der Waals surface area contributed by atoms with E-state index in [0.717, 1.165) is 19.3 Å². The van der Waals surface area contributed by atoms with Gasteiger partial charge in [-0.1, -0.05) is 32.4 Å². The molecule has 1 aliphatic rings. The third-order valence-corrected chi connectivity index (χ3v) is 6.57. The monoisotopic (exact) mass is 331 g/mol. The molecular weight excluding hydrogens is 309 g/mol. The van der Waals surface area contributed by atoms with Gasteiger partial charge in [-0.15, -0.1) is 0 Å². The van der Waals surface area contributed by atoms with Crippen LogP contribution in [0.5, 0.6) is 0 Å². The second kappa shape index (κ2) is 6.35. The van der Waals surface area contributed by atoms with Crippen molar-refractivity contribution >= 4 is 22.4 Å². The summed E-state index contributed by atoms with van der Waals surface area (Å²) < 4.78 is 26.0. The standard InChI is InChI=1S/C16H23ClFNOS/c1-16(2,3)10-4-7-14(19)15(8-10)21(20)11-5-6-13(18)12(17)9-11/h5-6,9-10,14-15H,4,7-8,19H2,1-3H3. The highest BCUT2D eigenvalue weighted by Crippen LogP contribution is 2.40. The van der Waals surface area contributed by atoms with Crippen LogP contribution in [0.25, 0.3) is 0 Å². The Morgan fingerprint density at radius 1 is 1.33 bits per heavy atom. The fraction of sp³-hybridized carbons (Fsp3) is 0.625. The van der Waals surface area contributed by atoms with Crippen molar-refractivity contribution in [3.05, 3.63) is 29.0 Å². The Bertz CT molecular complexity index is 544. The highest BCUT2D eigenvalue weighted by molar-refractivity contribution is 7.85. The number of benzene rings is 1. The summed E-state index contributed by atoms with van der Waals surface area (Å²) in [5, 5.41) is -0.0814. The lowest BCUT2D eigenvalue weighted by molar-refractivity contribution is 0.173. The Hall–Kier alpha value is -0.450. The predicted molar refractivity (Wildman–Crippen MR) is 86.4 cm³/mol. The molecule has 0 aliphatic heterocycles. The predicted octanol–water partition coefficient (Wildman–Crippen LogP) is 4.13. The minimum atomic E-state index is -1.25. The van der Waals surface area contributed by atoms with Gasteiger partial charge in [-0.3, -0.25) is 4.21 Å². The van der Waals surface area contributed by atoms with Crippen LogP contribution in [-0.2, 0) is 10.8 Å². The van der Waals surface area contributed by atoms with Crippen molar-refractivity contribution in [1.29, 1.82) is 0 Å². The lowest BCUT2D eigenvalue weighted by Gasteiger charge is -2.40. The van der Waals surface area contributed by atoms with Crippen molar-refractivity contribution in [1.82, 2.24) is 0 Å². The van der Waals surface area contributed by atoms with E-state index in [0.29, 0.717) is 10.8 Å². The summed E-state index contributed by atoms with van der Waals surface area (Å²) in [5.41, 5.74) is 6.37. The molecule has 2 rings (SSSR count). The average molecular weight is 332 g/mol. The van der Waals surface area contributed by atoms with Gasteiger partial charge in [0.25, 0.3) is 0 Å². The molecule has 0 aromatic heterocycles. The summed E-state index contributed by atoms with van der Waals surface area (Å²) in [4.78, 5) is 0.566. The zero-order chi connectivity index (χ0) is 15.8. The molecule has 1 fully saturated rings. The first-order valence-electron chi connectivity index (χ1n) is 7.31. The van der Waals surface area contributed by atoms with Crippen LogP contribution in [-0.4, -0.2) is 15.5 Å². The maximum absolute atomic E-state index is 13.2. The van der Waals surface area contributed by atoms with E-state index in [4.69, 9.17) is 17.3 Å². The molecule has 4 unspecified atom stereocenters. The highest BCUT2D eigenvalue weighted by atomic mass is 35.5.